The standard InChI is InChI=1S/C19H25NO6/c1-23-14-9-12(10-15(24-2)16(14)25-3)13-11-19(13,18(22)26-4)17(21)20-7-5-6-8-20/h9-10,13H,5-8,11H2,1-4H3/t13-,19-/m1/s1. The molecule has 7 heteroatoms. The highest BCUT2D eigenvalue weighted by Gasteiger charge is 2.68. The number of methoxy groups -OCH3 is 4. The van der Waals surface area contributed by atoms with Gasteiger partial charge in [0.05, 0.1) is 28.4 Å². The van der Waals surface area contributed by atoms with Crippen LogP contribution in [0.2, 0.25) is 0 Å². The molecule has 1 aliphatic carbocycles. The number of likely N-dealkylation sites (tertiary alicyclic amines) is 1. The van der Waals surface area contributed by atoms with Crippen LogP contribution in [0.3, 0.4) is 0 Å². The van der Waals surface area contributed by atoms with Crippen molar-refractivity contribution in [2.24, 2.45) is 5.41 Å². The summed E-state index contributed by atoms with van der Waals surface area (Å²) in [5.74, 6) is 0.599. The second-order valence-corrected chi connectivity index (χ2v) is 6.68. The molecule has 0 spiro atoms. The Labute approximate surface area is 153 Å². The van der Waals surface area contributed by atoms with Gasteiger partial charge in [0.1, 0.15) is 0 Å². The second kappa shape index (κ2) is 7.05. The van der Waals surface area contributed by atoms with E-state index in [-0.39, 0.29) is 11.8 Å². The smallest absolute Gasteiger partial charge is 0.322 e. The van der Waals surface area contributed by atoms with Gasteiger partial charge in [-0.05, 0) is 37.0 Å². The van der Waals surface area contributed by atoms with Crippen molar-refractivity contribution < 1.29 is 28.5 Å². The lowest BCUT2D eigenvalue weighted by Gasteiger charge is -2.22. The number of nitrogens with zero attached hydrogens (tertiary/aromatic N) is 1. The molecule has 0 N–H and O–H groups in total. The molecule has 0 radical (unpaired) electrons. The van der Waals surface area contributed by atoms with Crippen molar-refractivity contribution in [1.29, 1.82) is 0 Å². The predicted octanol–water partition coefficient (Wildman–Crippen LogP) is 1.98. The second-order valence-electron chi connectivity index (χ2n) is 6.68. The largest absolute Gasteiger partial charge is 0.493 e. The van der Waals surface area contributed by atoms with E-state index in [1.807, 2.05) is 0 Å². The van der Waals surface area contributed by atoms with E-state index >= 15 is 0 Å². The highest BCUT2D eigenvalue weighted by atomic mass is 16.5. The van der Waals surface area contributed by atoms with E-state index in [1.165, 1.54) is 28.4 Å². The van der Waals surface area contributed by atoms with Crippen LogP contribution in [-0.2, 0) is 14.3 Å². The molecule has 1 aromatic carbocycles. The Hall–Kier alpha value is -2.44. The van der Waals surface area contributed by atoms with Gasteiger partial charge in [-0.15, -0.1) is 0 Å². The van der Waals surface area contributed by atoms with Crippen LogP contribution in [-0.4, -0.2) is 58.3 Å². The third kappa shape index (κ3) is 2.75. The van der Waals surface area contributed by atoms with Crippen molar-refractivity contribution in [3.63, 3.8) is 0 Å². The third-order valence-corrected chi connectivity index (χ3v) is 5.37. The number of ether oxygens (including phenoxy) is 4. The van der Waals surface area contributed by atoms with Crippen LogP contribution < -0.4 is 14.2 Å². The van der Waals surface area contributed by atoms with E-state index in [0.717, 1.165) is 18.4 Å². The molecule has 7 nitrogen and oxygen atoms in total. The lowest BCUT2D eigenvalue weighted by Crippen LogP contribution is -2.40. The van der Waals surface area contributed by atoms with E-state index in [0.29, 0.717) is 36.8 Å². The van der Waals surface area contributed by atoms with Crippen molar-refractivity contribution in [2.45, 2.75) is 25.2 Å². The first kappa shape index (κ1) is 18.4. The summed E-state index contributed by atoms with van der Waals surface area (Å²) in [6.07, 6.45) is 2.36. The zero-order chi connectivity index (χ0) is 18.9. The summed E-state index contributed by atoms with van der Waals surface area (Å²) in [7, 11) is 5.94. The minimum absolute atomic E-state index is 0.138. The first-order valence-corrected chi connectivity index (χ1v) is 8.71. The number of benzene rings is 1. The van der Waals surface area contributed by atoms with Crippen LogP contribution >= 0.6 is 0 Å². The highest BCUT2D eigenvalue weighted by molar-refractivity contribution is 6.07. The van der Waals surface area contributed by atoms with E-state index in [2.05, 4.69) is 0 Å². The monoisotopic (exact) mass is 363 g/mol. The minimum atomic E-state index is -1.15. The summed E-state index contributed by atoms with van der Waals surface area (Å²) in [5.41, 5.74) is -0.346. The molecule has 0 bridgehead atoms. The lowest BCUT2D eigenvalue weighted by atomic mass is 9.96. The van der Waals surface area contributed by atoms with Crippen LogP contribution in [0.5, 0.6) is 17.2 Å². The number of amides is 1. The Morgan fingerprint density at radius 3 is 2.04 bits per heavy atom. The van der Waals surface area contributed by atoms with Gasteiger partial charge in [-0.25, -0.2) is 0 Å². The van der Waals surface area contributed by atoms with Crippen molar-refractivity contribution in [3.8, 4) is 17.2 Å². The van der Waals surface area contributed by atoms with E-state index < -0.39 is 11.4 Å². The molecule has 1 aromatic rings. The quantitative estimate of drug-likeness (QED) is 0.568. The molecule has 26 heavy (non-hydrogen) atoms. The first-order chi connectivity index (χ1) is 12.5. The van der Waals surface area contributed by atoms with Gasteiger partial charge in [-0.1, -0.05) is 0 Å². The molecule has 1 saturated carbocycles. The molecule has 1 heterocycles. The van der Waals surface area contributed by atoms with Crippen LogP contribution in [0, 0.1) is 5.41 Å². The van der Waals surface area contributed by atoms with Crippen molar-refractivity contribution in [1.82, 2.24) is 4.90 Å². The zero-order valence-corrected chi connectivity index (χ0v) is 15.7. The molecular formula is C19H25NO6. The fourth-order valence-corrected chi connectivity index (χ4v) is 3.90. The number of carbonyl (C=O) groups excluding carboxylic acids is 2. The van der Waals surface area contributed by atoms with Gasteiger partial charge in [0.25, 0.3) is 0 Å². The molecule has 1 saturated heterocycles. The van der Waals surface area contributed by atoms with Crippen molar-refractivity contribution in [3.05, 3.63) is 17.7 Å². The Kier molecular flexibility index (Phi) is 4.98. The SMILES string of the molecule is COC(=O)[C@]1(C(=O)N2CCCC2)C[C@@H]1c1cc(OC)c(OC)c(OC)c1. The lowest BCUT2D eigenvalue weighted by molar-refractivity contribution is -0.155. The fraction of sp³-hybridized carbons (Fsp3) is 0.579. The minimum Gasteiger partial charge on any atom is -0.493 e. The summed E-state index contributed by atoms with van der Waals surface area (Å²) in [5, 5.41) is 0. The number of esters is 1. The molecule has 2 fully saturated rings. The summed E-state index contributed by atoms with van der Waals surface area (Å²) in [4.78, 5) is 27.4. The van der Waals surface area contributed by atoms with Gasteiger partial charge in [0.15, 0.2) is 16.9 Å². The van der Waals surface area contributed by atoms with Gasteiger partial charge in [0.2, 0.25) is 11.7 Å². The molecule has 3 rings (SSSR count). The molecule has 2 atom stereocenters. The molecule has 1 amide bonds. The van der Waals surface area contributed by atoms with Gasteiger partial charge in [0, 0.05) is 19.0 Å². The topological polar surface area (TPSA) is 74.3 Å². The maximum absolute atomic E-state index is 13.1. The van der Waals surface area contributed by atoms with Crippen molar-refractivity contribution >= 4 is 11.9 Å². The summed E-state index contributed by atoms with van der Waals surface area (Å²) in [6, 6.07) is 3.60. The van der Waals surface area contributed by atoms with Gasteiger partial charge >= 0.3 is 5.97 Å². The number of rotatable bonds is 6. The Morgan fingerprint density at radius 1 is 1.00 bits per heavy atom. The normalized spacial score (nSPS) is 24.2. The van der Waals surface area contributed by atoms with E-state index in [4.69, 9.17) is 18.9 Å². The van der Waals surface area contributed by atoms with Gasteiger partial charge < -0.3 is 23.8 Å². The van der Waals surface area contributed by atoms with E-state index in [9.17, 15) is 9.59 Å². The predicted molar refractivity (Wildman–Crippen MR) is 93.7 cm³/mol. The molecule has 142 valence electrons. The van der Waals surface area contributed by atoms with E-state index in [1.54, 1.807) is 17.0 Å². The van der Waals surface area contributed by atoms with Crippen LogP contribution in [0.1, 0.15) is 30.7 Å². The Morgan fingerprint density at radius 2 is 1.58 bits per heavy atom. The van der Waals surface area contributed by atoms with Crippen molar-refractivity contribution in [2.75, 3.05) is 41.5 Å². The average molecular weight is 363 g/mol. The molecule has 1 aliphatic heterocycles. The zero-order valence-electron chi connectivity index (χ0n) is 15.7. The van der Waals surface area contributed by atoms with Gasteiger partial charge in [-0.2, -0.15) is 0 Å². The highest BCUT2D eigenvalue weighted by Crippen LogP contribution is 2.62. The molecule has 2 aliphatic rings. The van der Waals surface area contributed by atoms with Gasteiger partial charge in [-0.3, -0.25) is 9.59 Å². The number of hydrogen-bond acceptors (Lipinski definition) is 6. The third-order valence-electron chi connectivity index (χ3n) is 5.37. The summed E-state index contributed by atoms with van der Waals surface area (Å²) >= 11 is 0. The summed E-state index contributed by atoms with van der Waals surface area (Å²) < 4.78 is 21.1. The fourth-order valence-electron chi connectivity index (χ4n) is 3.90. The Bertz CT molecular complexity index is 687. The summed E-state index contributed by atoms with van der Waals surface area (Å²) in [6.45, 7) is 1.39. The molecule has 0 unspecified atom stereocenters. The average Bonchev–Trinajstić information content (AvgIpc) is 3.20. The maximum Gasteiger partial charge on any atom is 0.322 e. The van der Waals surface area contributed by atoms with Crippen LogP contribution in [0.25, 0.3) is 0 Å². The first-order valence-electron chi connectivity index (χ1n) is 8.71. The molecular weight excluding hydrogens is 338 g/mol. The van der Waals surface area contributed by atoms with Crippen LogP contribution in [0.4, 0.5) is 0 Å². The molecule has 0 aromatic heterocycles. The Balaban J connectivity index is 1.98. The maximum atomic E-state index is 13.1. The van der Waals surface area contributed by atoms with Crippen LogP contribution in [0.15, 0.2) is 12.1 Å². The number of hydrogen-bond donors (Lipinski definition) is 0. The number of carbonyl (C=O) groups is 2.